The summed E-state index contributed by atoms with van der Waals surface area (Å²) >= 11 is 1.51. The first-order valence-electron chi connectivity index (χ1n) is 11.5. The topological polar surface area (TPSA) is 73.4 Å². The number of hydrogen-bond acceptors (Lipinski definition) is 5. The Morgan fingerprint density at radius 3 is 2.71 bits per heavy atom. The summed E-state index contributed by atoms with van der Waals surface area (Å²) < 4.78 is 2.12. The monoisotopic (exact) mass is 529 g/mol. The zero-order chi connectivity index (χ0) is 22.8. The van der Waals surface area contributed by atoms with Crippen molar-refractivity contribution < 1.29 is 4.79 Å². The van der Waals surface area contributed by atoms with E-state index in [1.807, 2.05) is 55.5 Å². The molecule has 35 heavy (non-hydrogen) atoms. The maximum Gasteiger partial charge on any atom is 0.258 e. The first kappa shape index (κ1) is 27.1. The van der Waals surface area contributed by atoms with Crippen LogP contribution >= 0.6 is 36.6 Å². The molecule has 2 aliphatic heterocycles. The molecule has 0 spiro atoms. The Bertz CT molecular complexity index is 1270. The number of nitrogens with one attached hydrogen (secondary N) is 1. The zero-order valence-corrected chi connectivity index (χ0v) is 22.0. The van der Waals surface area contributed by atoms with Crippen molar-refractivity contribution in [1.82, 2.24) is 19.6 Å². The molecule has 0 saturated carbocycles. The van der Waals surface area contributed by atoms with Crippen LogP contribution in [0.5, 0.6) is 0 Å². The van der Waals surface area contributed by atoms with Crippen LogP contribution in [0.1, 0.15) is 41.8 Å². The van der Waals surface area contributed by atoms with Gasteiger partial charge in [-0.15, -0.1) is 24.8 Å². The van der Waals surface area contributed by atoms with E-state index in [1.54, 1.807) is 0 Å². The Kier molecular flexibility index (Phi) is 9.26. The molecule has 184 valence electrons. The number of amides is 1. The number of nitrogens with zero attached hydrogens (tertiary/aromatic N) is 4. The number of rotatable bonds is 6. The van der Waals surface area contributed by atoms with Crippen LogP contribution in [-0.2, 0) is 11.2 Å². The number of carbonyl (C=O) groups excluding carboxylic acids is 1. The van der Waals surface area contributed by atoms with Crippen molar-refractivity contribution in [3.8, 4) is 6.07 Å². The number of likely N-dealkylation sites (tertiary alicyclic amines) is 1. The lowest BCUT2D eigenvalue weighted by atomic mass is 10.0. The fourth-order valence-electron chi connectivity index (χ4n) is 4.72. The second-order valence-electron chi connectivity index (χ2n) is 8.71. The molecule has 0 aliphatic carbocycles. The third-order valence-electron chi connectivity index (χ3n) is 6.51. The van der Waals surface area contributed by atoms with E-state index in [0.29, 0.717) is 0 Å². The average molecular weight is 531 g/mol. The maximum absolute atomic E-state index is 13.0. The molecule has 0 radical (unpaired) electrons. The van der Waals surface area contributed by atoms with E-state index in [2.05, 4.69) is 25.7 Å². The van der Waals surface area contributed by atoms with E-state index >= 15 is 0 Å². The lowest BCUT2D eigenvalue weighted by molar-refractivity contribution is -0.117. The molecule has 1 saturated heterocycles. The number of hydrogen-bond donors (Lipinski definition) is 1. The molecule has 6 nitrogen and oxygen atoms in total. The zero-order valence-electron chi connectivity index (χ0n) is 19.6. The number of piperidine rings is 1. The predicted molar refractivity (Wildman–Crippen MR) is 145 cm³/mol. The largest absolute Gasteiger partial charge is 0.349 e. The number of benzene rings is 1. The minimum atomic E-state index is 0. The van der Waals surface area contributed by atoms with Crippen LogP contribution in [0, 0.1) is 18.3 Å². The number of pyridine rings is 1. The minimum Gasteiger partial charge on any atom is -0.349 e. The average Bonchev–Trinajstić information content (AvgIpc) is 3.17. The molecule has 4 heterocycles. The molecule has 1 amide bonds. The lowest BCUT2D eigenvalue weighted by Gasteiger charge is -2.32. The van der Waals surface area contributed by atoms with Crippen LogP contribution in [0.15, 0.2) is 52.4 Å². The third kappa shape index (κ3) is 5.84. The van der Waals surface area contributed by atoms with Gasteiger partial charge in [-0.05, 0) is 69.0 Å². The predicted octanol–water partition coefficient (Wildman–Crippen LogP) is 5.02. The van der Waals surface area contributed by atoms with Crippen molar-refractivity contribution in [2.45, 2.75) is 43.7 Å². The molecule has 1 fully saturated rings. The second-order valence-corrected chi connectivity index (χ2v) is 9.77. The van der Waals surface area contributed by atoms with E-state index in [1.165, 1.54) is 11.8 Å². The smallest absolute Gasteiger partial charge is 0.258 e. The molecule has 1 N–H and O–H groups in total. The fourth-order valence-corrected chi connectivity index (χ4v) is 5.70. The standard InChI is InChI=1S/C26H27N5OS.2ClH/c1-18-22-16-23(33-25-10-4-9-24(28-18)31(22)25)26(32)29-21-11-14-30(15-12-21)13-5-8-19-6-2-3-7-20(19)17-27;;/h2-4,6-7,9-10,16,21H,5,8,11-15H2,1H3,(H,29,32);2*1H. The van der Waals surface area contributed by atoms with Gasteiger partial charge in [0.2, 0.25) is 0 Å². The maximum atomic E-state index is 13.0. The van der Waals surface area contributed by atoms with E-state index in [4.69, 9.17) is 0 Å². The summed E-state index contributed by atoms with van der Waals surface area (Å²) in [6, 6.07) is 16.4. The van der Waals surface area contributed by atoms with Crippen LogP contribution in [0.25, 0.3) is 11.7 Å². The number of aryl methyl sites for hydroxylation is 2. The van der Waals surface area contributed by atoms with Gasteiger partial charge in [0.1, 0.15) is 5.65 Å². The van der Waals surface area contributed by atoms with Crippen molar-refractivity contribution in [1.29, 1.82) is 5.26 Å². The van der Waals surface area contributed by atoms with Gasteiger partial charge >= 0.3 is 0 Å². The number of aromatic nitrogens is 2. The molecule has 0 unspecified atom stereocenters. The lowest BCUT2D eigenvalue weighted by Crippen LogP contribution is -2.45. The van der Waals surface area contributed by atoms with Crippen molar-refractivity contribution in [3.63, 3.8) is 0 Å². The summed E-state index contributed by atoms with van der Waals surface area (Å²) in [5, 5.41) is 13.5. The van der Waals surface area contributed by atoms with Gasteiger partial charge in [0.15, 0.2) is 0 Å². The Morgan fingerprint density at radius 2 is 1.94 bits per heavy atom. The minimum absolute atomic E-state index is 0. The van der Waals surface area contributed by atoms with E-state index in [0.717, 1.165) is 83.4 Å². The summed E-state index contributed by atoms with van der Waals surface area (Å²) in [6.07, 6.45) is 5.86. The molecule has 0 atom stereocenters. The van der Waals surface area contributed by atoms with Crippen LogP contribution in [0.3, 0.4) is 0 Å². The summed E-state index contributed by atoms with van der Waals surface area (Å²) in [6.45, 7) is 4.99. The summed E-state index contributed by atoms with van der Waals surface area (Å²) in [7, 11) is 0. The molecular weight excluding hydrogens is 501 g/mol. The van der Waals surface area contributed by atoms with Gasteiger partial charge in [-0.3, -0.25) is 9.20 Å². The van der Waals surface area contributed by atoms with Crippen molar-refractivity contribution in [2.75, 3.05) is 19.6 Å². The number of carbonyl (C=O) groups is 1. The van der Waals surface area contributed by atoms with Crippen LogP contribution < -0.4 is 5.32 Å². The van der Waals surface area contributed by atoms with Gasteiger partial charge in [-0.1, -0.05) is 36.0 Å². The number of nitriles is 1. The highest BCUT2D eigenvalue weighted by atomic mass is 35.5. The molecule has 2 aliphatic rings. The molecule has 9 heteroatoms. The van der Waals surface area contributed by atoms with Crippen molar-refractivity contribution in [2.24, 2.45) is 0 Å². The van der Waals surface area contributed by atoms with Crippen LogP contribution in [0.4, 0.5) is 0 Å². The highest BCUT2D eigenvalue weighted by molar-refractivity contribution is 8.04. The van der Waals surface area contributed by atoms with Gasteiger partial charge in [-0.2, -0.15) is 5.26 Å². The first-order chi connectivity index (χ1) is 16.1. The van der Waals surface area contributed by atoms with Gasteiger partial charge < -0.3 is 10.2 Å². The molecule has 5 rings (SSSR count). The number of halogens is 2. The van der Waals surface area contributed by atoms with Gasteiger partial charge in [0.05, 0.1) is 33.0 Å². The second kappa shape index (κ2) is 12.0. The van der Waals surface area contributed by atoms with E-state index in [-0.39, 0.29) is 36.8 Å². The van der Waals surface area contributed by atoms with Crippen LogP contribution in [0.2, 0.25) is 0 Å². The van der Waals surface area contributed by atoms with Crippen molar-refractivity contribution in [3.05, 3.63) is 69.9 Å². The third-order valence-corrected chi connectivity index (χ3v) is 7.57. The molecular formula is C26H29Cl2N5OS. The van der Waals surface area contributed by atoms with Gasteiger partial charge in [0, 0.05) is 19.1 Å². The van der Waals surface area contributed by atoms with E-state index in [9.17, 15) is 10.1 Å². The Labute approximate surface area is 222 Å². The molecule has 3 aromatic rings. The van der Waals surface area contributed by atoms with E-state index < -0.39 is 0 Å². The summed E-state index contributed by atoms with van der Waals surface area (Å²) in [5.41, 5.74) is 4.78. The number of imidazole rings is 1. The Hall–Kier alpha value is -2.50. The molecule has 0 bridgehead atoms. The molecule has 1 aromatic carbocycles. The Morgan fingerprint density at radius 1 is 1.17 bits per heavy atom. The highest BCUT2D eigenvalue weighted by Crippen LogP contribution is 2.35. The van der Waals surface area contributed by atoms with Crippen molar-refractivity contribution >= 4 is 54.2 Å². The van der Waals surface area contributed by atoms with Crippen LogP contribution in [-0.4, -0.2) is 45.9 Å². The summed E-state index contributed by atoms with van der Waals surface area (Å²) in [5.74, 6) is 0.00964. The summed E-state index contributed by atoms with van der Waals surface area (Å²) in [4.78, 5) is 20.8. The Balaban J connectivity index is 0.00000171. The highest BCUT2D eigenvalue weighted by Gasteiger charge is 2.25. The SMILES string of the molecule is Cc1nc2cccc3n2c1C=C(C(=O)NC1CCN(CCCc2ccccc2C#N)CC1)S3.Cl.Cl. The normalized spacial score (nSPS) is 15.5. The quantitative estimate of drug-likeness (QED) is 0.485. The first-order valence-corrected chi connectivity index (χ1v) is 12.3. The fraction of sp³-hybridized carbons (Fsp3) is 0.346. The van der Waals surface area contributed by atoms with Gasteiger partial charge in [-0.25, -0.2) is 4.98 Å². The van der Waals surface area contributed by atoms with Gasteiger partial charge in [0.25, 0.3) is 5.91 Å². The number of thioether (sulfide) groups is 1. The molecule has 2 aromatic heterocycles.